The summed E-state index contributed by atoms with van der Waals surface area (Å²) >= 11 is 0. The first-order valence-corrected chi connectivity index (χ1v) is 6.09. The van der Waals surface area contributed by atoms with Crippen molar-refractivity contribution in [3.05, 3.63) is 24.2 Å². The predicted molar refractivity (Wildman–Crippen MR) is 63.2 cm³/mol. The third kappa shape index (κ3) is 2.66. The fourth-order valence-electron chi connectivity index (χ4n) is 2.23. The lowest BCUT2D eigenvalue weighted by Crippen LogP contribution is -2.46. The number of nitrogens with one attached hydrogen (secondary N) is 1. The van der Waals surface area contributed by atoms with Crippen molar-refractivity contribution in [2.75, 3.05) is 6.54 Å². The van der Waals surface area contributed by atoms with E-state index in [0.717, 1.165) is 18.7 Å². The minimum Gasteiger partial charge on any atom is -0.467 e. The van der Waals surface area contributed by atoms with E-state index in [1.807, 2.05) is 12.1 Å². The van der Waals surface area contributed by atoms with Crippen LogP contribution in [0, 0.1) is 5.92 Å². The molecule has 0 radical (unpaired) electrons. The van der Waals surface area contributed by atoms with Crippen LogP contribution in [-0.2, 0) is 4.74 Å². The second-order valence-electron chi connectivity index (χ2n) is 5.02. The lowest BCUT2D eigenvalue weighted by molar-refractivity contribution is -0.0776. The van der Waals surface area contributed by atoms with Crippen molar-refractivity contribution in [2.24, 2.45) is 5.92 Å². The van der Waals surface area contributed by atoms with E-state index in [1.54, 1.807) is 6.26 Å². The van der Waals surface area contributed by atoms with Gasteiger partial charge in [0, 0.05) is 12.6 Å². The molecule has 0 saturated carbocycles. The van der Waals surface area contributed by atoms with Gasteiger partial charge in [-0.1, -0.05) is 13.8 Å². The van der Waals surface area contributed by atoms with Crippen LogP contribution < -0.4 is 5.32 Å². The fourth-order valence-corrected chi connectivity index (χ4v) is 2.23. The molecule has 3 nitrogen and oxygen atoms in total. The Morgan fingerprint density at radius 1 is 1.50 bits per heavy atom. The Bertz CT molecular complexity index is 308. The highest BCUT2D eigenvalue weighted by molar-refractivity contribution is 5.06. The molecule has 0 bridgehead atoms. The van der Waals surface area contributed by atoms with Crippen molar-refractivity contribution in [3.8, 4) is 0 Å². The van der Waals surface area contributed by atoms with Gasteiger partial charge in [0.15, 0.2) is 0 Å². The van der Waals surface area contributed by atoms with E-state index in [4.69, 9.17) is 9.15 Å². The van der Waals surface area contributed by atoms with Crippen molar-refractivity contribution >= 4 is 0 Å². The van der Waals surface area contributed by atoms with Gasteiger partial charge in [0.05, 0.1) is 12.4 Å². The second kappa shape index (κ2) is 5.02. The van der Waals surface area contributed by atoms with Crippen LogP contribution in [0.1, 0.15) is 39.1 Å². The first-order valence-electron chi connectivity index (χ1n) is 6.09. The van der Waals surface area contributed by atoms with Crippen LogP contribution in [0.15, 0.2) is 22.8 Å². The summed E-state index contributed by atoms with van der Waals surface area (Å²) in [6, 6.07) is 4.22. The van der Waals surface area contributed by atoms with Crippen molar-refractivity contribution < 1.29 is 9.15 Å². The van der Waals surface area contributed by atoms with Gasteiger partial charge in [-0.15, -0.1) is 0 Å². The van der Waals surface area contributed by atoms with Crippen LogP contribution in [0.5, 0.6) is 0 Å². The summed E-state index contributed by atoms with van der Waals surface area (Å²) in [4.78, 5) is 0. The summed E-state index contributed by atoms with van der Waals surface area (Å²) in [5, 5.41) is 3.49. The molecule has 90 valence electrons. The van der Waals surface area contributed by atoms with Gasteiger partial charge in [0.25, 0.3) is 0 Å². The van der Waals surface area contributed by atoms with E-state index in [9.17, 15) is 0 Å². The van der Waals surface area contributed by atoms with Crippen molar-refractivity contribution in [3.63, 3.8) is 0 Å². The molecule has 0 aromatic carbocycles. The second-order valence-corrected chi connectivity index (χ2v) is 5.02. The van der Waals surface area contributed by atoms with Gasteiger partial charge in [-0.05, 0) is 31.4 Å². The summed E-state index contributed by atoms with van der Waals surface area (Å²) < 4.78 is 11.5. The predicted octanol–water partition coefficient (Wildman–Crippen LogP) is 2.74. The Hall–Kier alpha value is -0.800. The van der Waals surface area contributed by atoms with Crippen molar-refractivity contribution in [1.82, 2.24) is 5.32 Å². The van der Waals surface area contributed by atoms with Gasteiger partial charge < -0.3 is 14.5 Å². The topological polar surface area (TPSA) is 34.4 Å². The van der Waals surface area contributed by atoms with Gasteiger partial charge in [0.1, 0.15) is 11.9 Å². The van der Waals surface area contributed by atoms with Gasteiger partial charge in [-0.3, -0.25) is 0 Å². The third-order valence-corrected chi connectivity index (χ3v) is 3.02. The molecule has 0 amide bonds. The molecule has 1 aliphatic rings. The third-order valence-electron chi connectivity index (χ3n) is 3.02. The van der Waals surface area contributed by atoms with Gasteiger partial charge in [0.2, 0.25) is 0 Å². The Kier molecular flexibility index (Phi) is 3.66. The highest BCUT2D eigenvalue weighted by atomic mass is 16.5. The first kappa shape index (κ1) is 11.7. The number of rotatable bonds is 3. The monoisotopic (exact) mass is 223 g/mol. The lowest BCUT2D eigenvalue weighted by atomic mass is 10.0. The first-order chi connectivity index (χ1) is 7.66. The number of hydrogen-bond acceptors (Lipinski definition) is 3. The zero-order chi connectivity index (χ0) is 11.5. The molecule has 3 unspecified atom stereocenters. The molecule has 1 aromatic rings. The average Bonchev–Trinajstić information content (AvgIpc) is 2.73. The minimum absolute atomic E-state index is 0.0486. The van der Waals surface area contributed by atoms with Crippen LogP contribution in [0.4, 0.5) is 0 Å². The summed E-state index contributed by atoms with van der Waals surface area (Å²) in [7, 11) is 0. The Morgan fingerprint density at radius 2 is 2.31 bits per heavy atom. The molecule has 3 heteroatoms. The van der Waals surface area contributed by atoms with Crippen molar-refractivity contribution in [2.45, 2.75) is 45.4 Å². The molecular formula is C13H21NO2. The quantitative estimate of drug-likeness (QED) is 0.855. The highest BCUT2D eigenvalue weighted by Crippen LogP contribution is 2.28. The van der Waals surface area contributed by atoms with Gasteiger partial charge in [-0.2, -0.15) is 0 Å². The summed E-state index contributed by atoms with van der Waals surface area (Å²) in [5.41, 5.74) is 0. The van der Waals surface area contributed by atoms with E-state index in [-0.39, 0.29) is 6.10 Å². The summed E-state index contributed by atoms with van der Waals surface area (Å²) in [6.45, 7) is 7.53. The Morgan fingerprint density at radius 3 is 2.94 bits per heavy atom. The lowest BCUT2D eigenvalue weighted by Gasteiger charge is -2.35. The number of morpholine rings is 1. The Balaban J connectivity index is 2.01. The molecule has 1 N–H and O–H groups in total. The standard InChI is InChI=1S/C13H21NO2/c1-9(2)7-11-8-14-10(3)13(16-11)12-5-4-6-15-12/h4-6,9-11,13-14H,7-8H2,1-3H3. The molecule has 2 heterocycles. The highest BCUT2D eigenvalue weighted by Gasteiger charge is 2.31. The van der Waals surface area contributed by atoms with Crippen LogP contribution >= 0.6 is 0 Å². The average molecular weight is 223 g/mol. The zero-order valence-electron chi connectivity index (χ0n) is 10.3. The maximum absolute atomic E-state index is 6.10. The molecule has 0 spiro atoms. The van der Waals surface area contributed by atoms with E-state index in [1.165, 1.54) is 0 Å². The van der Waals surface area contributed by atoms with Crippen LogP contribution in [0.25, 0.3) is 0 Å². The molecule has 1 aliphatic heterocycles. The molecule has 0 aliphatic carbocycles. The van der Waals surface area contributed by atoms with E-state index in [0.29, 0.717) is 18.1 Å². The number of hydrogen-bond donors (Lipinski definition) is 1. The summed E-state index contributed by atoms with van der Waals surface area (Å²) in [6.07, 6.45) is 3.15. The molecule has 1 saturated heterocycles. The van der Waals surface area contributed by atoms with Crippen LogP contribution in [0.3, 0.4) is 0 Å². The maximum atomic E-state index is 6.10. The normalized spacial score (nSPS) is 30.9. The van der Waals surface area contributed by atoms with Crippen LogP contribution in [-0.4, -0.2) is 18.7 Å². The molecule has 16 heavy (non-hydrogen) atoms. The van der Waals surface area contributed by atoms with E-state index < -0.39 is 0 Å². The fraction of sp³-hybridized carbons (Fsp3) is 0.692. The van der Waals surface area contributed by atoms with E-state index >= 15 is 0 Å². The SMILES string of the molecule is CC(C)CC1CNC(C)C(c2ccco2)O1. The van der Waals surface area contributed by atoms with E-state index in [2.05, 4.69) is 26.1 Å². The molecule has 3 atom stereocenters. The zero-order valence-corrected chi connectivity index (χ0v) is 10.3. The molecule has 1 fully saturated rings. The molecular weight excluding hydrogens is 202 g/mol. The number of furan rings is 1. The molecule has 2 rings (SSSR count). The minimum atomic E-state index is 0.0486. The Labute approximate surface area is 97.2 Å². The van der Waals surface area contributed by atoms with Crippen molar-refractivity contribution in [1.29, 1.82) is 0 Å². The largest absolute Gasteiger partial charge is 0.467 e. The van der Waals surface area contributed by atoms with Gasteiger partial charge in [-0.25, -0.2) is 0 Å². The summed E-state index contributed by atoms with van der Waals surface area (Å²) in [5.74, 6) is 1.59. The maximum Gasteiger partial charge on any atom is 0.134 e. The smallest absolute Gasteiger partial charge is 0.134 e. The number of ether oxygens (including phenoxy) is 1. The van der Waals surface area contributed by atoms with Gasteiger partial charge >= 0.3 is 0 Å². The molecule has 1 aromatic heterocycles. The van der Waals surface area contributed by atoms with Crippen LogP contribution in [0.2, 0.25) is 0 Å².